The van der Waals surface area contributed by atoms with Crippen LogP contribution in [0.2, 0.25) is 0 Å². The summed E-state index contributed by atoms with van der Waals surface area (Å²) in [5.41, 5.74) is 4.82. The minimum Gasteiger partial charge on any atom is -0.0955 e. The molecule has 0 fully saturated rings. The molecule has 0 spiro atoms. The van der Waals surface area contributed by atoms with Crippen molar-refractivity contribution < 1.29 is 0 Å². The van der Waals surface area contributed by atoms with Gasteiger partial charge in [-0.2, -0.15) is 0 Å². The monoisotopic (exact) mass is 280 g/mol. The molecule has 0 bridgehead atoms. The van der Waals surface area contributed by atoms with Gasteiger partial charge >= 0.3 is 0 Å². The summed E-state index contributed by atoms with van der Waals surface area (Å²) < 4.78 is 0. The van der Waals surface area contributed by atoms with E-state index in [0.717, 1.165) is 5.57 Å². The van der Waals surface area contributed by atoms with E-state index in [-0.39, 0.29) is 0 Å². The molecule has 0 N–H and O–H groups in total. The van der Waals surface area contributed by atoms with Crippen LogP contribution < -0.4 is 0 Å². The quantitative estimate of drug-likeness (QED) is 0.518. The third-order valence-electron chi connectivity index (χ3n) is 3.44. The van der Waals surface area contributed by atoms with Crippen LogP contribution in [0.4, 0.5) is 0 Å². The highest BCUT2D eigenvalue weighted by Crippen LogP contribution is 2.21. The smallest absolute Gasteiger partial charge is 0.0184 e. The molecule has 2 aromatic rings. The Morgan fingerprint density at radius 3 is 1.67 bits per heavy atom. The zero-order valence-corrected chi connectivity index (χ0v) is 13.7. The molecule has 0 amide bonds. The summed E-state index contributed by atoms with van der Waals surface area (Å²) in [6, 6.07) is 18.9. The van der Waals surface area contributed by atoms with Crippen molar-refractivity contribution in [2.75, 3.05) is 0 Å². The Hall–Kier alpha value is -1.82. The summed E-state index contributed by atoms with van der Waals surface area (Å²) in [6.45, 7) is 10.4. The molecule has 0 aliphatic heterocycles. The lowest BCUT2D eigenvalue weighted by Crippen LogP contribution is -1.80. The van der Waals surface area contributed by atoms with Gasteiger partial charge in [-0.25, -0.2) is 0 Å². The SMILES string of the molecule is C=C(C)c1ccc(-c2ccccc2)cc1.CCCCCC. The van der Waals surface area contributed by atoms with E-state index in [1.54, 1.807) is 0 Å². The van der Waals surface area contributed by atoms with E-state index in [0.29, 0.717) is 0 Å². The molecule has 0 aromatic heterocycles. The second-order valence-electron chi connectivity index (χ2n) is 5.43. The first-order valence-corrected chi connectivity index (χ1v) is 8.00. The molecule has 0 atom stereocenters. The maximum Gasteiger partial charge on any atom is -0.0184 e. The van der Waals surface area contributed by atoms with Crippen molar-refractivity contribution in [1.29, 1.82) is 0 Å². The first-order chi connectivity index (χ1) is 10.2. The van der Waals surface area contributed by atoms with Crippen LogP contribution in [0.1, 0.15) is 52.0 Å². The first-order valence-electron chi connectivity index (χ1n) is 8.00. The van der Waals surface area contributed by atoms with Gasteiger partial charge < -0.3 is 0 Å². The molecule has 0 aliphatic rings. The van der Waals surface area contributed by atoms with Crippen LogP contribution in [-0.2, 0) is 0 Å². The Morgan fingerprint density at radius 2 is 1.24 bits per heavy atom. The molecule has 0 heterocycles. The van der Waals surface area contributed by atoms with E-state index in [9.17, 15) is 0 Å². The second-order valence-corrected chi connectivity index (χ2v) is 5.43. The Morgan fingerprint density at radius 1 is 0.762 bits per heavy atom. The molecular weight excluding hydrogens is 252 g/mol. The molecule has 112 valence electrons. The van der Waals surface area contributed by atoms with Crippen LogP contribution in [0.5, 0.6) is 0 Å². The zero-order valence-electron chi connectivity index (χ0n) is 13.7. The molecule has 0 aliphatic carbocycles. The van der Waals surface area contributed by atoms with Crippen LogP contribution >= 0.6 is 0 Å². The summed E-state index contributed by atoms with van der Waals surface area (Å²) in [5.74, 6) is 0. The fourth-order valence-corrected chi connectivity index (χ4v) is 2.08. The molecule has 0 saturated carbocycles. The number of allylic oxidation sites excluding steroid dienone is 1. The molecule has 2 rings (SSSR count). The van der Waals surface area contributed by atoms with Crippen molar-refractivity contribution in [2.45, 2.75) is 46.5 Å². The number of hydrogen-bond acceptors (Lipinski definition) is 0. The summed E-state index contributed by atoms with van der Waals surface area (Å²) in [5, 5.41) is 0. The lowest BCUT2D eigenvalue weighted by Gasteiger charge is -2.03. The van der Waals surface area contributed by atoms with Gasteiger partial charge in [-0.15, -0.1) is 0 Å². The van der Waals surface area contributed by atoms with Gasteiger partial charge in [-0.1, -0.05) is 106 Å². The van der Waals surface area contributed by atoms with Crippen molar-refractivity contribution in [3.8, 4) is 11.1 Å². The van der Waals surface area contributed by atoms with Gasteiger partial charge in [0.25, 0.3) is 0 Å². The normalized spacial score (nSPS) is 9.67. The maximum atomic E-state index is 3.93. The third kappa shape index (κ3) is 6.44. The van der Waals surface area contributed by atoms with Gasteiger partial charge in [0.15, 0.2) is 0 Å². The van der Waals surface area contributed by atoms with Crippen molar-refractivity contribution in [1.82, 2.24) is 0 Å². The summed E-state index contributed by atoms with van der Waals surface area (Å²) in [4.78, 5) is 0. The van der Waals surface area contributed by atoms with Crippen LogP contribution in [0, 0.1) is 0 Å². The van der Waals surface area contributed by atoms with Gasteiger partial charge in [-0.05, 0) is 23.6 Å². The van der Waals surface area contributed by atoms with E-state index in [2.05, 4.69) is 69.0 Å². The molecule has 21 heavy (non-hydrogen) atoms. The van der Waals surface area contributed by atoms with Gasteiger partial charge in [0.2, 0.25) is 0 Å². The molecular formula is C21H28. The Bertz CT molecular complexity index is 501. The maximum absolute atomic E-state index is 3.93. The van der Waals surface area contributed by atoms with Crippen LogP contribution in [0.15, 0.2) is 61.2 Å². The fraction of sp³-hybridized carbons (Fsp3) is 0.333. The highest BCUT2D eigenvalue weighted by atomic mass is 14.0. The zero-order chi connectivity index (χ0) is 15.5. The predicted octanol–water partition coefficient (Wildman–Crippen LogP) is 6.97. The number of hydrogen-bond donors (Lipinski definition) is 0. The van der Waals surface area contributed by atoms with Crippen molar-refractivity contribution in [3.05, 3.63) is 66.7 Å². The number of rotatable bonds is 5. The van der Waals surface area contributed by atoms with Crippen molar-refractivity contribution >= 4 is 5.57 Å². The summed E-state index contributed by atoms with van der Waals surface area (Å²) in [7, 11) is 0. The summed E-state index contributed by atoms with van der Waals surface area (Å²) in [6.07, 6.45) is 5.54. The van der Waals surface area contributed by atoms with Gasteiger partial charge in [0, 0.05) is 0 Å². The third-order valence-corrected chi connectivity index (χ3v) is 3.44. The van der Waals surface area contributed by atoms with Crippen LogP contribution in [0.3, 0.4) is 0 Å². The van der Waals surface area contributed by atoms with Crippen LogP contribution in [-0.4, -0.2) is 0 Å². The van der Waals surface area contributed by atoms with Gasteiger partial charge in [0.05, 0.1) is 0 Å². The lowest BCUT2D eigenvalue weighted by atomic mass is 10.0. The van der Waals surface area contributed by atoms with E-state index >= 15 is 0 Å². The predicted molar refractivity (Wildman–Crippen MR) is 96.4 cm³/mol. The fourth-order valence-electron chi connectivity index (χ4n) is 2.08. The Balaban J connectivity index is 0.000000315. The molecule has 0 heteroatoms. The number of unbranched alkanes of at least 4 members (excludes halogenated alkanes) is 3. The van der Waals surface area contributed by atoms with E-state index < -0.39 is 0 Å². The minimum atomic E-state index is 1.11. The largest absolute Gasteiger partial charge is 0.0955 e. The standard InChI is InChI=1S/C15H14.C6H14/c1-12(2)13-8-10-15(11-9-13)14-6-4-3-5-7-14;1-3-5-6-4-2/h3-11H,1H2,2H3;3-6H2,1-2H3. The highest BCUT2D eigenvalue weighted by molar-refractivity contribution is 5.68. The molecule has 0 unspecified atom stereocenters. The first kappa shape index (κ1) is 17.2. The molecule has 0 nitrogen and oxygen atoms in total. The van der Waals surface area contributed by atoms with E-state index in [1.807, 2.05) is 13.0 Å². The lowest BCUT2D eigenvalue weighted by molar-refractivity contribution is 0.702. The highest BCUT2D eigenvalue weighted by Gasteiger charge is 1.97. The van der Waals surface area contributed by atoms with Gasteiger partial charge in [0.1, 0.15) is 0 Å². The number of benzene rings is 2. The second kappa shape index (κ2) is 9.99. The molecule has 0 radical (unpaired) electrons. The van der Waals surface area contributed by atoms with Crippen molar-refractivity contribution in [3.63, 3.8) is 0 Å². The minimum absolute atomic E-state index is 1.11. The average Bonchev–Trinajstić information content (AvgIpc) is 2.54. The van der Waals surface area contributed by atoms with Crippen molar-refractivity contribution in [2.24, 2.45) is 0 Å². The Labute approximate surface area is 130 Å². The molecule has 0 saturated heterocycles. The molecule has 2 aromatic carbocycles. The Kier molecular flexibility index (Phi) is 8.19. The average molecular weight is 280 g/mol. The van der Waals surface area contributed by atoms with Crippen LogP contribution in [0.25, 0.3) is 16.7 Å². The van der Waals surface area contributed by atoms with Gasteiger partial charge in [-0.3, -0.25) is 0 Å². The van der Waals surface area contributed by atoms with E-state index in [1.165, 1.54) is 42.4 Å². The summed E-state index contributed by atoms with van der Waals surface area (Å²) >= 11 is 0. The topological polar surface area (TPSA) is 0 Å². The van der Waals surface area contributed by atoms with E-state index in [4.69, 9.17) is 0 Å².